The van der Waals surface area contributed by atoms with E-state index in [1.807, 2.05) is 19.9 Å². The summed E-state index contributed by atoms with van der Waals surface area (Å²) in [5.41, 5.74) is 0.987. The van der Waals surface area contributed by atoms with Crippen molar-refractivity contribution in [2.24, 2.45) is 0 Å². The van der Waals surface area contributed by atoms with E-state index in [0.717, 1.165) is 57.0 Å². The Kier molecular flexibility index (Phi) is 4.26. The maximum atomic E-state index is 12.1. The Bertz CT molecular complexity index is 490. The molecule has 6 heteroatoms. The molecule has 1 N–H and O–H groups in total. The molecule has 3 rings (SSSR count). The molecule has 2 aliphatic rings. The summed E-state index contributed by atoms with van der Waals surface area (Å²) in [5.74, 6) is 1.03. The average molecular weight is 292 g/mol. The summed E-state index contributed by atoms with van der Waals surface area (Å²) in [5, 5.41) is 7.13. The Morgan fingerprint density at radius 1 is 1.43 bits per heavy atom. The van der Waals surface area contributed by atoms with Gasteiger partial charge < -0.3 is 9.84 Å². The van der Waals surface area contributed by atoms with E-state index in [1.54, 1.807) is 0 Å². The highest BCUT2D eigenvalue weighted by atomic mass is 16.5. The molecule has 6 nitrogen and oxygen atoms in total. The Balaban J connectivity index is 1.44. The first-order chi connectivity index (χ1) is 10.1. The van der Waals surface area contributed by atoms with Crippen LogP contribution in [0.4, 0.5) is 0 Å². The third kappa shape index (κ3) is 3.83. The summed E-state index contributed by atoms with van der Waals surface area (Å²) >= 11 is 0. The van der Waals surface area contributed by atoms with Crippen LogP contribution < -0.4 is 5.32 Å². The predicted molar refractivity (Wildman–Crippen MR) is 78.7 cm³/mol. The molecule has 0 aromatic carbocycles. The summed E-state index contributed by atoms with van der Waals surface area (Å²) in [6.07, 6.45) is 2.28. The van der Waals surface area contributed by atoms with Gasteiger partial charge in [-0.2, -0.15) is 0 Å². The van der Waals surface area contributed by atoms with Crippen LogP contribution in [0.15, 0.2) is 10.6 Å². The lowest BCUT2D eigenvalue weighted by atomic mass is 10.2. The second kappa shape index (κ2) is 6.15. The summed E-state index contributed by atoms with van der Waals surface area (Å²) in [6, 6.07) is 2.40. The number of rotatable bonds is 5. The number of nitrogens with one attached hydrogen (secondary N) is 1. The van der Waals surface area contributed by atoms with Gasteiger partial charge in [0.2, 0.25) is 5.91 Å². The zero-order valence-electron chi connectivity index (χ0n) is 12.8. The molecule has 1 amide bonds. The van der Waals surface area contributed by atoms with Gasteiger partial charge in [0.05, 0.1) is 11.7 Å². The van der Waals surface area contributed by atoms with E-state index < -0.39 is 0 Å². The van der Waals surface area contributed by atoms with E-state index in [9.17, 15) is 4.79 Å². The molecule has 0 radical (unpaired) electrons. The number of hydrogen-bond acceptors (Lipinski definition) is 5. The molecule has 1 atom stereocenters. The van der Waals surface area contributed by atoms with Gasteiger partial charge in [-0.05, 0) is 26.7 Å². The zero-order chi connectivity index (χ0) is 14.8. The highest BCUT2D eigenvalue weighted by Gasteiger charge is 2.30. The molecule has 2 fully saturated rings. The fraction of sp³-hybridized carbons (Fsp3) is 0.733. The minimum atomic E-state index is -0.0259. The van der Waals surface area contributed by atoms with Crippen LogP contribution in [-0.4, -0.2) is 59.1 Å². The standard InChI is InChI=1S/C15H24N4O2/c1-11-9-14(17-21-11)10-18-5-7-19(8-6-18)12(2)15(20)16-13-3-4-13/h9,12-13H,3-8,10H2,1-2H3,(H,16,20). The highest BCUT2D eigenvalue weighted by molar-refractivity contribution is 5.81. The first kappa shape index (κ1) is 14.5. The van der Waals surface area contributed by atoms with Gasteiger partial charge in [-0.15, -0.1) is 0 Å². The maximum Gasteiger partial charge on any atom is 0.237 e. The van der Waals surface area contributed by atoms with Crippen LogP contribution in [0.3, 0.4) is 0 Å². The summed E-state index contributed by atoms with van der Waals surface area (Å²) in [4.78, 5) is 16.7. The molecule has 1 aliphatic carbocycles. The molecule has 0 spiro atoms. The van der Waals surface area contributed by atoms with Crippen LogP contribution >= 0.6 is 0 Å². The van der Waals surface area contributed by atoms with Crippen molar-refractivity contribution in [2.45, 2.75) is 45.3 Å². The summed E-state index contributed by atoms with van der Waals surface area (Å²) < 4.78 is 5.10. The minimum absolute atomic E-state index is 0.0259. The minimum Gasteiger partial charge on any atom is -0.361 e. The number of piperazine rings is 1. The summed E-state index contributed by atoms with van der Waals surface area (Å²) in [6.45, 7) is 8.53. The monoisotopic (exact) mass is 292 g/mol. The molecule has 21 heavy (non-hydrogen) atoms. The molecule has 1 aromatic rings. The van der Waals surface area contributed by atoms with Gasteiger partial charge in [-0.1, -0.05) is 5.16 Å². The van der Waals surface area contributed by atoms with Crippen LogP contribution in [-0.2, 0) is 11.3 Å². The number of amides is 1. The van der Waals surface area contributed by atoms with Crippen LogP contribution in [0.2, 0.25) is 0 Å². The van der Waals surface area contributed by atoms with E-state index in [2.05, 4.69) is 20.3 Å². The first-order valence-corrected chi connectivity index (χ1v) is 7.81. The lowest BCUT2D eigenvalue weighted by molar-refractivity contribution is -0.126. The maximum absolute atomic E-state index is 12.1. The van der Waals surface area contributed by atoms with Crippen LogP contribution in [0.1, 0.15) is 31.2 Å². The van der Waals surface area contributed by atoms with Crippen molar-refractivity contribution >= 4 is 5.91 Å². The number of nitrogens with zero attached hydrogens (tertiary/aromatic N) is 3. The van der Waals surface area contributed by atoms with Crippen molar-refractivity contribution in [2.75, 3.05) is 26.2 Å². The van der Waals surface area contributed by atoms with Crippen molar-refractivity contribution < 1.29 is 9.32 Å². The van der Waals surface area contributed by atoms with Crippen molar-refractivity contribution in [3.05, 3.63) is 17.5 Å². The quantitative estimate of drug-likeness (QED) is 0.868. The first-order valence-electron chi connectivity index (χ1n) is 7.81. The van der Waals surface area contributed by atoms with Crippen molar-refractivity contribution in [1.29, 1.82) is 0 Å². The molecule has 1 aliphatic heterocycles. The lowest BCUT2D eigenvalue weighted by Gasteiger charge is -2.37. The number of hydrogen-bond donors (Lipinski definition) is 1. The lowest BCUT2D eigenvalue weighted by Crippen LogP contribution is -2.53. The van der Waals surface area contributed by atoms with Crippen LogP contribution in [0, 0.1) is 6.92 Å². The number of carbonyl (C=O) groups is 1. The van der Waals surface area contributed by atoms with E-state index in [1.165, 1.54) is 0 Å². The van der Waals surface area contributed by atoms with Gasteiger partial charge >= 0.3 is 0 Å². The number of carbonyl (C=O) groups excluding carboxylic acids is 1. The summed E-state index contributed by atoms with van der Waals surface area (Å²) in [7, 11) is 0. The van der Waals surface area contributed by atoms with Gasteiger partial charge in [0.25, 0.3) is 0 Å². The van der Waals surface area contributed by atoms with E-state index in [0.29, 0.717) is 6.04 Å². The smallest absolute Gasteiger partial charge is 0.237 e. The Morgan fingerprint density at radius 2 is 2.14 bits per heavy atom. The number of aryl methyl sites for hydroxylation is 1. The number of aromatic nitrogens is 1. The molecule has 1 saturated carbocycles. The molecule has 2 heterocycles. The van der Waals surface area contributed by atoms with E-state index in [4.69, 9.17) is 4.52 Å². The Morgan fingerprint density at radius 3 is 2.71 bits per heavy atom. The predicted octanol–water partition coefficient (Wildman–Crippen LogP) is 0.768. The van der Waals surface area contributed by atoms with Crippen LogP contribution in [0.5, 0.6) is 0 Å². The van der Waals surface area contributed by atoms with Crippen molar-refractivity contribution in [3.63, 3.8) is 0 Å². The molecule has 0 bridgehead atoms. The molecule has 1 saturated heterocycles. The normalized spacial score (nSPS) is 22.2. The van der Waals surface area contributed by atoms with Gasteiger partial charge in [0.1, 0.15) is 5.76 Å². The fourth-order valence-corrected chi connectivity index (χ4v) is 2.75. The molecular formula is C15H24N4O2. The van der Waals surface area contributed by atoms with Crippen molar-refractivity contribution in [3.8, 4) is 0 Å². The largest absolute Gasteiger partial charge is 0.361 e. The van der Waals surface area contributed by atoms with E-state index >= 15 is 0 Å². The second-order valence-corrected chi connectivity index (χ2v) is 6.20. The van der Waals surface area contributed by atoms with Gasteiger partial charge in [0.15, 0.2) is 0 Å². The SMILES string of the molecule is Cc1cc(CN2CCN(C(C)C(=O)NC3CC3)CC2)no1. The molecular weight excluding hydrogens is 268 g/mol. The molecule has 1 unspecified atom stereocenters. The zero-order valence-corrected chi connectivity index (χ0v) is 12.8. The van der Waals surface area contributed by atoms with Crippen molar-refractivity contribution in [1.82, 2.24) is 20.3 Å². The molecule has 116 valence electrons. The van der Waals surface area contributed by atoms with E-state index in [-0.39, 0.29) is 11.9 Å². The Labute approximate surface area is 125 Å². The highest BCUT2D eigenvalue weighted by Crippen LogP contribution is 2.19. The average Bonchev–Trinajstić information content (AvgIpc) is 3.20. The topological polar surface area (TPSA) is 61.6 Å². The van der Waals surface area contributed by atoms with Gasteiger partial charge in [0, 0.05) is 44.8 Å². The molecule has 1 aromatic heterocycles. The third-order valence-electron chi connectivity index (χ3n) is 4.32. The van der Waals surface area contributed by atoms with Crippen LogP contribution in [0.25, 0.3) is 0 Å². The third-order valence-corrected chi connectivity index (χ3v) is 4.32. The Hall–Kier alpha value is -1.40. The second-order valence-electron chi connectivity index (χ2n) is 6.20. The van der Waals surface area contributed by atoms with Gasteiger partial charge in [-0.3, -0.25) is 14.6 Å². The fourth-order valence-electron chi connectivity index (χ4n) is 2.75. The van der Waals surface area contributed by atoms with Gasteiger partial charge in [-0.25, -0.2) is 0 Å².